The molecule has 3 aliphatic heterocycles. The van der Waals surface area contributed by atoms with E-state index in [2.05, 4.69) is 34.3 Å². The van der Waals surface area contributed by atoms with Crippen molar-refractivity contribution in [1.29, 1.82) is 0 Å². The van der Waals surface area contributed by atoms with E-state index in [0.29, 0.717) is 49.3 Å². The molecule has 4 rings (SSSR count). The Hall–Kier alpha value is -0.500. The van der Waals surface area contributed by atoms with E-state index in [1.165, 1.54) is 5.57 Å². The third kappa shape index (κ3) is 4.74. The fourth-order valence-electron chi connectivity index (χ4n) is 5.54. The van der Waals surface area contributed by atoms with Gasteiger partial charge in [0.2, 0.25) is 0 Å². The lowest BCUT2D eigenvalue weighted by Gasteiger charge is -2.43. The lowest BCUT2D eigenvalue weighted by Crippen LogP contribution is -2.68. The summed E-state index contributed by atoms with van der Waals surface area (Å²) in [6.07, 6.45) is 9.20. The molecule has 6 heteroatoms. The molecule has 1 saturated carbocycles. The summed E-state index contributed by atoms with van der Waals surface area (Å²) >= 11 is 0. The van der Waals surface area contributed by atoms with Gasteiger partial charge in [0, 0.05) is 35.3 Å². The van der Waals surface area contributed by atoms with Gasteiger partial charge in [-0.15, -0.1) is 0 Å². The summed E-state index contributed by atoms with van der Waals surface area (Å²) in [7, 11) is 2.00. The number of rotatable bonds is 4. The van der Waals surface area contributed by atoms with Crippen LogP contribution in [0, 0.1) is 11.8 Å². The predicted octanol–water partition coefficient (Wildman–Crippen LogP) is 1.21. The maximum atomic E-state index is 7.75. The number of fused-ring (bicyclic) bond motifs is 1. The Labute approximate surface area is 169 Å². The molecular weight excluding hydrogens is 338 g/mol. The molecule has 154 valence electrons. The summed E-state index contributed by atoms with van der Waals surface area (Å²) in [6, 6.07) is 0.882. The zero-order valence-corrected chi connectivity index (χ0v) is 16.8. The van der Waals surface area contributed by atoms with E-state index in [1.807, 2.05) is 7.05 Å². The van der Waals surface area contributed by atoms with Crippen LogP contribution < -0.4 is 21.3 Å². The Kier molecular flexibility index (Phi) is 5.37. The van der Waals surface area contributed by atoms with E-state index in [4.69, 9.17) is 8.85 Å². The van der Waals surface area contributed by atoms with Gasteiger partial charge < -0.3 is 15.0 Å². The molecule has 0 aromatic rings. The molecule has 4 aliphatic rings. The summed E-state index contributed by atoms with van der Waals surface area (Å²) < 4.78 is 29.5. The molecule has 6 nitrogen and oxygen atoms in total. The van der Waals surface area contributed by atoms with E-state index in [1.54, 1.807) is 4.90 Å². The number of hydrogen-bond acceptors (Lipinski definition) is 6. The topological polar surface area (TPSA) is 60.6 Å². The summed E-state index contributed by atoms with van der Waals surface area (Å²) in [6.45, 7) is 2.24. The van der Waals surface area contributed by atoms with E-state index in [-0.39, 0.29) is 6.29 Å². The van der Waals surface area contributed by atoms with Gasteiger partial charge in [-0.05, 0) is 71.9 Å². The van der Waals surface area contributed by atoms with Gasteiger partial charge in [-0.25, -0.2) is 0 Å². The number of nitrogens with one attached hydrogen (secondary N) is 4. The molecule has 3 fully saturated rings. The molecule has 0 amide bonds. The fraction of sp³-hybridized carbons (Fsp3) is 0.905. The van der Waals surface area contributed by atoms with Crippen molar-refractivity contribution in [2.75, 3.05) is 33.7 Å². The molecule has 0 aromatic heterocycles. The summed E-state index contributed by atoms with van der Waals surface area (Å²) in [5.41, 5.74) is 1.41. The highest BCUT2D eigenvalue weighted by Crippen LogP contribution is 2.42. The normalized spacial score (nSPS) is 45.9. The van der Waals surface area contributed by atoms with E-state index in [0.717, 1.165) is 45.1 Å². The molecule has 3 heterocycles. The molecule has 0 radical (unpaired) electrons. The highest BCUT2D eigenvalue weighted by Gasteiger charge is 2.43. The monoisotopic (exact) mass is 380 g/mol. The first-order valence-electron chi connectivity index (χ1n) is 12.3. The van der Waals surface area contributed by atoms with Crippen molar-refractivity contribution in [3.63, 3.8) is 0 Å². The minimum atomic E-state index is -2.01. The van der Waals surface area contributed by atoms with Gasteiger partial charge in [0.1, 0.15) is 6.29 Å². The standard InChI is InChI=1S/C21H39N5O/c1-14-11-19(22-2)25-21(23-14)24-17-12-16-7-10-27-20(16)18(13-17)15-5-4-8-26(3)9-6-15/h6,14,16-25H,4-5,7-13H2,1-3H3/i3D3. The zero-order valence-electron chi connectivity index (χ0n) is 19.8. The lowest BCUT2D eigenvalue weighted by molar-refractivity contribution is 0.0177. The van der Waals surface area contributed by atoms with Gasteiger partial charge in [0.05, 0.1) is 12.3 Å². The minimum absolute atomic E-state index is 0.102. The molecule has 4 N–H and O–H groups in total. The third-order valence-corrected chi connectivity index (χ3v) is 6.89. The summed E-state index contributed by atoms with van der Waals surface area (Å²) in [5, 5.41) is 14.4. The first-order chi connectivity index (χ1) is 14.3. The molecular formula is C21H39N5O. The Morgan fingerprint density at radius 1 is 1.30 bits per heavy atom. The zero-order chi connectivity index (χ0) is 21.3. The van der Waals surface area contributed by atoms with Gasteiger partial charge in [-0.2, -0.15) is 0 Å². The van der Waals surface area contributed by atoms with Crippen LogP contribution in [0.25, 0.3) is 0 Å². The first-order valence-corrected chi connectivity index (χ1v) is 10.8. The highest BCUT2D eigenvalue weighted by molar-refractivity contribution is 5.15. The summed E-state index contributed by atoms with van der Waals surface area (Å²) in [4.78, 5) is 1.63. The maximum absolute atomic E-state index is 7.75. The molecule has 2 saturated heterocycles. The largest absolute Gasteiger partial charge is 0.377 e. The summed E-state index contributed by atoms with van der Waals surface area (Å²) in [5.74, 6) is 0.978. The van der Waals surface area contributed by atoms with Gasteiger partial charge in [0.25, 0.3) is 0 Å². The van der Waals surface area contributed by atoms with Crippen LogP contribution in [0.15, 0.2) is 11.6 Å². The molecule has 0 bridgehead atoms. The molecule has 27 heavy (non-hydrogen) atoms. The van der Waals surface area contributed by atoms with Crippen LogP contribution >= 0.6 is 0 Å². The second kappa shape index (κ2) is 8.89. The number of nitrogens with zero attached hydrogens (tertiary/aromatic N) is 1. The van der Waals surface area contributed by atoms with E-state index < -0.39 is 6.98 Å². The molecule has 1 aliphatic carbocycles. The van der Waals surface area contributed by atoms with E-state index in [9.17, 15) is 0 Å². The van der Waals surface area contributed by atoms with E-state index >= 15 is 0 Å². The minimum Gasteiger partial charge on any atom is -0.377 e. The molecule has 7 unspecified atom stereocenters. The van der Waals surface area contributed by atoms with Gasteiger partial charge in [0.15, 0.2) is 0 Å². The third-order valence-electron chi connectivity index (χ3n) is 6.89. The van der Waals surface area contributed by atoms with Gasteiger partial charge in [-0.1, -0.05) is 11.6 Å². The quantitative estimate of drug-likeness (QED) is 0.550. The van der Waals surface area contributed by atoms with Crippen LogP contribution in [0.5, 0.6) is 0 Å². The number of likely N-dealkylation sites (N-methyl/N-ethyl adjacent to an activating group) is 1. The van der Waals surface area contributed by atoms with Gasteiger partial charge >= 0.3 is 0 Å². The van der Waals surface area contributed by atoms with Crippen molar-refractivity contribution >= 4 is 0 Å². The van der Waals surface area contributed by atoms with Crippen LogP contribution in [0.2, 0.25) is 0 Å². The highest BCUT2D eigenvalue weighted by atomic mass is 16.5. The van der Waals surface area contributed by atoms with Crippen molar-refractivity contribution in [2.24, 2.45) is 11.8 Å². The Balaban J connectivity index is 1.44. The second-order valence-corrected chi connectivity index (χ2v) is 8.90. The fourth-order valence-corrected chi connectivity index (χ4v) is 5.54. The Bertz CT molecular complexity index is 616. The number of ether oxygens (including phenoxy) is 1. The van der Waals surface area contributed by atoms with Crippen molar-refractivity contribution in [3.8, 4) is 0 Å². The molecule has 7 atom stereocenters. The second-order valence-electron chi connectivity index (χ2n) is 8.90. The van der Waals surface area contributed by atoms with Crippen molar-refractivity contribution in [1.82, 2.24) is 26.2 Å². The van der Waals surface area contributed by atoms with Crippen molar-refractivity contribution in [3.05, 3.63) is 11.6 Å². The van der Waals surface area contributed by atoms with Crippen molar-refractivity contribution < 1.29 is 8.85 Å². The maximum Gasteiger partial charge on any atom is 0.113 e. The predicted molar refractivity (Wildman–Crippen MR) is 109 cm³/mol. The lowest BCUT2D eigenvalue weighted by atomic mass is 9.72. The first kappa shape index (κ1) is 16.3. The molecule has 0 aromatic carbocycles. The van der Waals surface area contributed by atoms with Crippen LogP contribution in [0.3, 0.4) is 0 Å². The average Bonchev–Trinajstić information content (AvgIpc) is 3.00. The molecule has 0 spiro atoms. The number of hydrogen-bond donors (Lipinski definition) is 4. The van der Waals surface area contributed by atoms with Crippen LogP contribution in [0.1, 0.15) is 49.6 Å². The smallest absolute Gasteiger partial charge is 0.113 e. The van der Waals surface area contributed by atoms with Crippen LogP contribution in [-0.4, -0.2) is 69.3 Å². The SMILES string of the molecule is [2H]C([2H])([2H])N1CC=C(C2CC(NC3NC(C)CC(NC)N3)CC3CCOC32)CCC1. The Morgan fingerprint density at radius 3 is 3.07 bits per heavy atom. The van der Waals surface area contributed by atoms with Crippen LogP contribution in [0.4, 0.5) is 0 Å². The average molecular weight is 381 g/mol. The van der Waals surface area contributed by atoms with Gasteiger partial charge in [-0.3, -0.25) is 16.0 Å². The van der Waals surface area contributed by atoms with Crippen molar-refractivity contribution in [2.45, 2.75) is 76.1 Å². The van der Waals surface area contributed by atoms with Crippen LogP contribution in [-0.2, 0) is 4.74 Å². The Morgan fingerprint density at radius 2 is 2.22 bits per heavy atom.